The number of rotatable bonds is 7. The third-order valence-electron chi connectivity index (χ3n) is 3.95. The van der Waals surface area contributed by atoms with Crippen molar-refractivity contribution in [3.05, 3.63) is 0 Å². The molecular formula is C14H29N3O. The summed E-state index contributed by atoms with van der Waals surface area (Å²) in [6.07, 6.45) is 5.76. The van der Waals surface area contributed by atoms with Gasteiger partial charge < -0.3 is 10.6 Å². The van der Waals surface area contributed by atoms with E-state index in [9.17, 15) is 4.79 Å². The van der Waals surface area contributed by atoms with Gasteiger partial charge in [-0.05, 0) is 46.3 Å². The SMILES string of the molecule is CCCCCNC(=O)C(C)N(C)C1CCNCC1. The molecule has 0 aromatic heterocycles. The van der Waals surface area contributed by atoms with Crippen LogP contribution < -0.4 is 10.6 Å². The molecular weight excluding hydrogens is 226 g/mol. The van der Waals surface area contributed by atoms with Crippen molar-refractivity contribution in [1.29, 1.82) is 0 Å². The molecule has 1 fully saturated rings. The molecule has 1 rings (SSSR count). The number of carbonyl (C=O) groups is 1. The fourth-order valence-electron chi connectivity index (χ4n) is 2.45. The quantitative estimate of drug-likeness (QED) is 0.675. The maximum atomic E-state index is 12.0. The van der Waals surface area contributed by atoms with Crippen molar-refractivity contribution >= 4 is 5.91 Å². The van der Waals surface area contributed by atoms with Crippen molar-refractivity contribution in [1.82, 2.24) is 15.5 Å². The van der Waals surface area contributed by atoms with Crippen LogP contribution in [-0.2, 0) is 4.79 Å². The summed E-state index contributed by atoms with van der Waals surface area (Å²) in [5, 5.41) is 6.40. The second kappa shape index (κ2) is 8.48. The largest absolute Gasteiger partial charge is 0.355 e. The summed E-state index contributed by atoms with van der Waals surface area (Å²) >= 11 is 0. The van der Waals surface area contributed by atoms with Crippen LogP contribution >= 0.6 is 0 Å². The molecule has 0 aromatic carbocycles. The summed E-state index contributed by atoms with van der Waals surface area (Å²) in [6, 6.07) is 0.525. The number of likely N-dealkylation sites (N-methyl/N-ethyl adjacent to an activating group) is 1. The number of hydrogen-bond donors (Lipinski definition) is 2. The van der Waals surface area contributed by atoms with E-state index in [1.54, 1.807) is 0 Å². The van der Waals surface area contributed by atoms with E-state index in [1.807, 2.05) is 6.92 Å². The lowest BCUT2D eigenvalue weighted by Gasteiger charge is -2.35. The zero-order valence-corrected chi connectivity index (χ0v) is 12.2. The van der Waals surface area contributed by atoms with Crippen LogP contribution in [0.3, 0.4) is 0 Å². The topological polar surface area (TPSA) is 44.4 Å². The number of amides is 1. The monoisotopic (exact) mass is 255 g/mol. The predicted molar refractivity (Wildman–Crippen MR) is 75.7 cm³/mol. The predicted octanol–water partition coefficient (Wildman–Crippen LogP) is 1.37. The minimum Gasteiger partial charge on any atom is -0.355 e. The highest BCUT2D eigenvalue weighted by molar-refractivity contribution is 5.81. The van der Waals surface area contributed by atoms with Gasteiger partial charge in [-0.1, -0.05) is 19.8 Å². The van der Waals surface area contributed by atoms with Crippen molar-refractivity contribution in [2.45, 2.75) is 58.0 Å². The summed E-state index contributed by atoms with van der Waals surface area (Å²) < 4.78 is 0. The number of nitrogens with one attached hydrogen (secondary N) is 2. The van der Waals surface area contributed by atoms with Crippen molar-refractivity contribution in [2.24, 2.45) is 0 Å². The Bertz CT molecular complexity index is 239. The van der Waals surface area contributed by atoms with Gasteiger partial charge >= 0.3 is 0 Å². The molecule has 4 nitrogen and oxygen atoms in total. The van der Waals surface area contributed by atoms with E-state index >= 15 is 0 Å². The number of piperidine rings is 1. The van der Waals surface area contributed by atoms with Gasteiger partial charge in [0.15, 0.2) is 0 Å². The van der Waals surface area contributed by atoms with E-state index in [0.29, 0.717) is 6.04 Å². The second-order valence-electron chi connectivity index (χ2n) is 5.32. The number of unbranched alkanes of at least 4 members (excludes halogenated alkanes) is 2. The first-order valence-corrected chi connectivity index (χ1v) is 7.37. The van der Waals surface area contributed by atoms with E-state index in [4.69, 9.17) is 0 Å². The first kappa shape index (κ1) is 15.4. The molecule has 1 aliphatic rings. The van der Waals surface area contributed by atoms with Gasteiger partial charge in [-0.3, -0.25) is 9.69 Å². The van der Waals surface area contributed by atoms with Crippen LogP contribution in [0.1, 0.15) is 46.0 Å². The Balaban J connectivity index is 2.27. The minimum atomic E-state index is -0.0188. The lowest BCUT2D eigenvalue weighted by molar-refractivity contribution is -0.126. The number of carbonyl (C=O) groups excluding carboxylic acids is 1. The Kier molecular flexibility index (Phi) is 7.28. The summed E-state index contributed by atoms with van der Waals surface area (Å²) in [4.78, 5) is 14.3. The van der Waals surface area contributed by atoms with Gasteiger partial charge in [0.1, 0.15) is 0 Å². The third kappa shape index (κ3) is 4.94. The average molecular weight is 255 g/mol. The molecule has 0 aliphatic carbocycles. The number of nitrogens with zero attached hydrogens (tertiary/aromatic N) is 1. The van der Waals surface area contributed by atoms with Crippen LogP contribution in [0.4, 0.5) is 0 Å². The zero-order valence-electron chi connectivity index (χ0n) is 12.2. The zero-order chi connectivity index (χ0) is 13.4. The van der Waals surface area contributed by atoms with E-state index in [2.05, 4.69) is 29.5 Å². The Hall–Kier alpha value is -0.610. The lowest BCUT2D eigenvalue weighted by atomic mass is 10.0. The van der Waals surface area contributed by atoms with Crippen LogP contribution in [-0.4, -0.2) is 49.6 Å². The molecule has 0 aromatic rings. The molecule has 1 unspecified atom stereocenters. The molecule has 0 saturated carbocycles. The highest BCUT2D eigenvalue weighted by atomic mass is 16.2. The summed E-state index contributed by atoms with van der Waals surface area (Å²) in [5.41, 5.74) is 0. The Labute approximate surface area is 111 Å². The Morgan fingerprint density at radius 2 is 2.06 bits per heavy atom. The molecule has 1 atom stereocenters. The van der Waals surface area contributed by atoms with Crippen molar-refractivity contribution in [3.63, 3.8) is 0 Å². The molecule has 0 spiro atoms. The molecule has 1 aliphatic heterocycles. The molecule has 0 radical (unpaired) electrons. The van der Waals surface area contributed by atoms with Gasteiger partial charge in [-0.2, -0.15) is 0 Å². The molecule has 106 valence electrons. The van der Waals surface area contributed by atoms with Gasteiger partial charge in [-0.15, -0.1) is 0 Å². The second-order valence-corrected chi connectivity index (χ2v) is 5.32. The van der Waals surface area contributed by atoms with Crippen LogP contribution in [0, 0.1) is 0 Å². The minimum absolute atomic E-state index is 0.0188. The molecule has 0 bridgehead atoms. The van der Waals surface area contributed by atoms with Crippen LogP contribution in [0.2, 0.25) is 0 Å². The fraction of sp³-hybridized carbons (Fsp3) is 0.929. The molecule has 1 saturated heterocycles. The van der Waals surface area contributed by atoms with Gasteiger partial charge in [0.2, 0.25) is 5.91 Å². The highest BCUT2D eigenvalue weighted by Crippen LogP contribution is 2.12. The maximum Gasteiger partial charge on any atom is 0.237 e. The van der Waals surface area contributed by atoms with Crippen molar-refractivity contribution < 1.29 is 4.79 Å². The van der Waals surface area contributed by atoms with Crippen LogP contribution in [0.25, 0.3) is 0 Å². The smallest absolute Gasteiger partial charge is 0.237 e. The summed E-state index contributed by atoms with van der Waals surface area (Å²) in [6.45, 7) is 7.14. The van der Waals surface area contributed by atoms with E-state index in [0.717, 1.165) is 38.9 Å². The van der Waals surface area contributed by atoms with Gasteiger partial charge in [0, 0.05) is 12.6 Å². The molecule has 1 amide bonds. The molecule has 2 N–H and O–H groups in total. The van der Waals surface area contributed by atoms with E-state index < -0.39 is 0 Å². The molecule has 1 heterocycles. The van der Waals surface area contributed by atoms with Gasteiger partial charge in [0.05, 0.1) is 6.04 Å². The Morgan fingerprint density at radius 1 is 1.39 bits per heavy atom. The average Bonchev–Trinajstić information content (AvgIpc) is 2.42. The van der Waals surface area contributed by atoms with Gasteiger partial charge in [-0.25, -0.2) is 0 Å². The summed E-state index contributed by atoms with van der Waals surface area (Å²) in [5.74, 6) is 0.173. The maximum absolute atomic E-state index is 12.0. The first-order chi connectivity index (χ1) is 8.66. The van der Waals surface area contributed by atoms with Crippen molar-refractivity contribution in [2.75, 3.05) is 26.7 Å². The van der Waals surface area contributed by atoms with Crippen LogP contribution in [0.5, 0.6) is 0 Å². The van der Waals surface area contributed by atoms with Crippen LogP contribution in [0.15, 0.2) is 0 Å². The van der Waals surface area contributed by atoms with E-state index in [-0.39, 0.29) is 11.9 Å². The van der Waals surface area contributed by atoms with Gasteiger partial charge in [0.25, 0.3) is 0 Å². The number of hydrogen-bond acceptors (Lipinski definition) is 3. The standard InChI is InChI=1S/C14H29N3O/c1-4-5-6-9-16-14(18)12(2)17(3)13-7-10-15-11-8-13/h12-13,15H,4-11H2,1-3H3,(H,16,18). The fourth-order valence-corrected chi connectivity index (χ4v) is 2.45. The lowest BCUT2D eigenvalue weighted by Crippen LogP contribution is -2.50. The molecule has 4 heteroatoms. The first-order valence-electron chi connectivity index (χ1n) is 7.37. The van der Waals surface area contributed by atoms with E-state index in [1.165, 1.54) is 12.8 Å². The third-order valence-corrected chi connectivity index (χ3v) is 3.95. The van der Waals surface area contributed by atoms with Crippen molar-refractivity contribution in [3.8, 4) is 0 Å². The summed E-state index contributed by atoms with van der Waals surface area (Å²) in [7, 11) is 2.08. The Morgan fingerprint density at radius 3 is 2.67 bits per heavy atom. The molecule has 18 heavy (non-hydrogen) atoms. The highest BCUT2D eigenvalue weighted by Gasteiger charge is 2.25. The normalized spacial score (nSPS) is 18.9.